The Bertz CT molecular complexity index is 696. The van der Waals surface area contributed by atoms with Gasteiger partial charge < -0.3 is 0 Å². The molecule has 0 saturated carbocycles. The lowest BCUT2D eigenvalue weighted by molar-refractivity contribution is 0.0580. The zero-order valence-corrected chi connectivity index (χ0v) is 13.6. The number of unbranched alkanes of at least 4 members (excludes halogenated alkanes) is 1. The molecular weight excluding hydrogens is 304 g/mol. The molecule has 124 valence electrons. The lowest BCUT2D eigenvalue weighted by Crippen LogP contribution is -2.46. The van der Waals surface area contributed by atoms with Crippen molar-refractivity contribution in [2.75, 3.05) is 6.54 Å². The van der Waals surface area contributed by atoms with Crippen molar-refractivity contribution in [3.05, 3.63) is 71.3 Å². The van der Waals surface area contributed by atoms with Gasteiger partial charge in [0.05, 0.1) is 0 Å². The second-order valence-corrected chi connectivity index (χ2v) is 5.36. The number of carbonyl (C=O) groups excluding carboxylic acids is 3. The largest absolute Gasteiger partial charge is 0.298 e. The van der Waals surface area contributed by atoms with Gasteiger partial charge in [-0.3, -0.25) is 19.8 Å². The van der Waals surface area contributed by atoms with Crippen LogP contribution in [0, 0.1) is 0 Å². The summed E-state index contributed by atoms with van der Waals surface area (Å²) in [5.74, 6) is -0.630. The molecule has 2 aromatic rings. The minimum Gasteiger partial charge on any atom is -0.298 e. The van der Waals surface area contributed by atoms with Gasteiger partial charge in [-0.2, -0.15) is 0 Å². The van der Waals surface area contributed by atoms with Crippen LogP contribution in [0.4, 0.5) is 0 Å². The highest BCUT2D eigenvalue weighted by molar-refractivity contribution is 5.99. The highest BCUT2D eigenvalue weighted by Crippen LogP contribution is 2.08. The minimum absolute atomic E-state index is 0.301. The van der Waals surface area contributed by atoms with Crippen molar-refractivity contribution in [1.82, 2.24) is 10.4 Å². The number of nitrogens with zero attached hydrogens (tertiary/aromatic N) is 1. The normalized spacial score (nSPS) is 10.0. The molecule has 0 aliphatic carbocycles. The molecular formula is C19H20N2O3. The Morgan fingerprint density at radius 2 is 1.67 bits per heavy atom. The molecule has 0 saturated heterocycles. The van der Waals surface area contributed by atoms with Crippen LogP contribution in [0.25, 0.3) is 0 Å². The van der Waals surface area contributed by atoms with Crippen LogP contribution in [0.5, 0.6) is 0 Å². The van der Waals surface area contributed by atoms with Gasteiger partial charge in [0.2, 0.25) is 0 Å². The Hall–Kier alpha value is -2.95. The molecule has 0 heterocycles. The lowest BCUT2D eigenvalue weighted by atomic mass is 10.1. The van der Waals surface area contributed by atoms with Crippen molar-refractivity contribution in [2.45, 2.75) is 19.8 Å². The highest BCUT2D eigenvalue weighted by atomic mass is 16.2. The molecule has 0 spiro atoms. The molecule has 0 aromatic heterocycles. The monoisotopic (exact) mass is 324 g/mol. The third kappa shape index (κ3) is 4.52. The van der Waals surface area contributed by atoms with Gasteiger partial charge in [0.1, 0.15) is 6.29 Å². The minimum atomic E-state index is -0.329. The van der Waals surface area contributed by atoms with Crippen molar-refractivity contribution >= 4 is 18.1 Å². The van der Waals surface area contributed by atoms with Crippen LogP contribution in [-0.2, 0) is 0 Å². The Morgan fingerprint density at radius 1 is 1.00 bits per heavy atom. The maximum atomic E-state index is 12.6. The standard InChI is InChI=1S/C19H20N2O3/c1-2-3-13-21(20-18(23)16-7-5-4-6-8-16)19(24)17-11-9-15(14-22)10-12-17/h4-12,14H,2-3,13H2,1H3,(H,20,23). The quantitative estimate of drug-likeness (QED) is 0.656. The molecule has 0 atom stereocenters. The molecule has 1 N–H and O–H groups in total. The summed E-state index contributed by atoms with van der Waals surface area (Å²) in [5.41, 5.74) is 4.08. The van der Waals surface area contributed by atoms with Crippen LogP contribution in [0.15, 0.2) is 54.6 Å². The zero-order valence-electron chi connectivity index (χ0n) is 13.6. The summed E-state index contributed by atoms with van der Waals surface area (Å²) in [6.45, 7) is 2.43. The number of amides is 2. The maximum Gasteiger partial charge on any atom is 0.272 e. The summed E-state index contributed by atoms with van der Waals surface area (Å²) in [4.78, 5) is 35.7. The Kier molecular flexibility index (Phi) is 6.25. The zero-order chi connectivity index (χ0) is 17.4. The third-order valence-electron chi connectivity index (χ3n) is 3.55. The van der Waals surface area contributed by atoms with Gasteiger partial charge >= 0.3 is 0 Å². The average molecular weight is 324 g/mol. The van der Waals surface area contributed by atoms with E-state index in [1.165, 1.54) is 5.01 Å². The average Bonchev–Trinajstić information content (AvgIpc) is 2.65. The van der Waals surface area contributed by atoms with Crippen molar-refractivity contribution < 1.29 is 14.4 Å². The number of hydrogen-bond acceptors (Lipinski definition) is 3. The first kappa shape index (κ1) is 17.4. The fourth-order valence-electron chi connectivity index (χ4n) is 2.16. The number of rotatable bonds is 6. The van der Waals surface area contributed by atoms with Crippen molar-refractivity contribution in [3.8, 4) is 0 Å². The number of nitrogens with one attached hydrogen (secondary N) is 1. The summed E-state index contributed by atoms with van der Waals surface area (Å²) < 4.78 is 0. The van der Waals surface area contributed by atoms with Crippen LogP contribution < -0.4 is 5.43 Å². The van der Waals surface area contributed by atoms with E-state index in [1.807, 2.05) is 13.0 Å². The summed E-state index contributed by atoms with van der Waals surface area (Å²) in [5, 5.41) is 1.33. The van der Waals surface area contributed by atoms with E-state index in [-0.39, 0.29) is 11.8 Å². The summed E-state index contributed by atoms with van der Waals surface area (Å²) >= 11 is 0. The SMILES string of the molecule is CCCCN(NC(=O)c1ccccc1)C(=O)c1ccc(C=O)cc1. The maximum absolute atomic E-state index is 12.6. The predicted molar refractivity (Wildman–Crippen MR) is 91.7 cm³/mol. The Labute approximate surface area is 141 Å². The Morgan fingerprint density at radius 3 is 2.25 bits per heavy atom. The van der Waals surface area contributed by atoms with Crippen molar-refractivity contribution in [1.29, 1.82) is 0 Å². The van der Waals surface area contributed by atoms with Crippen LogP contribution in [0.2, 0.25) is 0 Å². The first-order valence-corrected chi connectivity index (χ1v) is 7.89. The van der Waals surface area contributed by atoms with Crippen LogP contribution in [0.3, 0.4) is 0 Å². The number of hydrazine groups is 1. The molecule has 2 amide bonds. The summed E-state index contributed by atoms with van der Waals surface area (Å²) in [6, 6.07) is 15.1. The van der Waals surface area contributed by atoms with Gasteiger partial charge in [-0.05, 0) is 30.7 Å². The van der Waals surface area contributed by atoms with Crippen LogP contribution in [-0.4, -0.2) is 29.7 Å². The van der Waals surface area contributed by atoms with Crippen molar-refractivity contribution in [3.63, 3.8) is 0 Å². The van der Waals surface area contributed by atoms with Crippen LogP contribution >= 0.6 is 0 Å². The van der Waals surface area contributed by atoms with Gasteiger partial charge in [-0.25, -0.2) is 5.01 Å². The number of aldehydes is 1. The molecule has 0 unspecified atom stereocenters. The topological polar surface area (TPSA) is 66.5 Å². The first-order valence-electron chi connectivity index (χ1n) is 7.89. The fraction of sp³-hybridized carbons (Fsp3) is 0.211. The molecule has 0 fully saturated rings. The molecule has 0 radical (unpaired) electrons. The van der Waals surface area contributed by atoms with E-state index in [4.69, 9.17) is 0 Å². The van der Waals surface area contributed by atoms with Crippen LogP contribution in [0.1, 0.15) is 50.8 Å². The predicted octanol–water partition coefficient (Wildman–Crippen LogP) is 3.09. The van der Waals surface area contributed by atoms with Gasteiger partial charge in [0.15, 0.2) is 0 Å². The molecule has 0 aliphatic heterocycles. The Balaban J connectivity index is 2.15. The van der Waals surface area contributed by atoms with Gasteiger partial charge in [0.25, 0.3) is 11.8 Å². The van der Waals surface area contributed by atoms with E-state index >= 15 is 0 Å². The lowest BCUT2D eigenvalue weighted by Gasteiger charge is -2.23. The van der Waals surface area contributed by atoms with Gasteiger partial charge in [-0.1, -0.05) is 43.7 Å². The third-order valence-corrected chi connectivity index (χ3v) is 3.55. The highest BCUT2D eigenvalue weighted by Gasteiger charge is 2.18. The summed E-state index contributed by atoms with van der Waals surface area (Å²) in [7, 11) is 0. The molecule has 2 aromatic carbocycles. The molecule has 0 aliphatic rings. The molecule has 2 rings (SSSR count). The molecule has 5 nitrogen and oxygen atoms in total. The number of carbonyl (C=O) groups is 3. The fourth-order valence-corrected chi connectivity index (χ4v) is 2.16. The van der Waals surface area contributed by atoms with E-state index in [0.29, 0.717) is 23.2 Å². The summed E-state index contributed by atoms with van der Waals surface area (Å²) in [6.07, 6.45) is 2.39. The van der Waals surface area contributed by atoms with E-state index in [9.17, 15) is 14.4 Å². The van der Waals surface area contributed by atoms with Gasteiger partial charge in [-0.15, -0.1) is 0 Å². The number of hydrogen-bond donors (Lipinski definition) is 1. The van der Waals surface area contributed by atoms with Gasteiger partial charge in [0, 0.05) is 23.2 Å². The van der Waals surface area contributed by atoms with E-state index < -0.39 is 0 Å². The van der Waals surface area contributed by atoms with E-state index in [0.717, 1.165) is 19.1 Å². The second-order valence-electron chi connectivity index (χ2n) is 5.36. The van der Waals surface area contributed by atoms with Crippen molar-refractivity contribution in [2.24, 2.45) is 0 Å². The van der Waals surface area contributed by atoms with E-state index in [1.54, 1.807) is 48.5 Å². The number of benzene rings is 2. The molecule has 5 heteroatoms. The van der Waals surface area contributed by atoms with E-state index in [2.05, 4.69) is 5.43 Å². The smallest absolute Gasteiger partial charge is 0.272 e. The second kappa shape index (κ2) is 8.62. The first-order chi connectivity index (χ1) is 11.7. The molecule has 0 bridgehead atoms. The molecule has 24 heavy (non-hydrogen) atoms.